The van der Waals surface area contributed by atoms with E-state index >= 15 is 0 Å². The third-order valence-electron chi connectivity index (χ3n) is 4.31. The molecule has 0 atom stereocenters. The second-order valence-electron chi connectivity index (χ2n) is 6.26. The van der Waals surface area contributed by atoms with Crippen LogP contribution in [0.25, 0.3) is 0 Å². The lowest BCUT2D eigenvalue weighted by Gasteiger charge is -2.23. The van der Waals surface area contributed by atoms with Crippen LogP contribution in [0.5, 0.6) is 0 Å². The minimum Gasteiger partial charge on any atom is -0.353 e. The van der Waals surface area contributed by atoms with Crippen LogP contribution in [0.1, 0.15) is 50.2 Å². The zero-order chi connectivity index (χ0) is 16.1. The first-order chi connectivity index (χ1) is 10.5. The molecule has 0 aromatic heterocycles. The molecule has 4 heteroatoms. The normalized spacial score (nSPS) is 14.9. The van der Waals surface area contributed by atoms with Crippen molar-refractivity contribution in [2.75, 3.05) is 11.4 Å². The molecule has 1 aliphatic carbocycles. The summed E-state index contributed by atoms with van der Waals surface area (Å²) in [6.07, 6.45) is 4.92. The van der Waals surface area contributed by atoms with Crippen LogP contribution in [-0.4, -0.2) is 24.4 Å². The van der Waals surface area contributed by atoms with Crippen molar-refractivity contribution in [2.24, 2.45) is 0 Å². The summed E-state index contributed by atoms with van der Waals surface area (Å²) in [5, 5.41) is 3.07. The fourth-order valence-corrected chi connectivity index (χ4v) is 3.14. The zero-order valence-corrected chi connectivity index (χ0v) is 13.8. The second kappa shape index (κ2) is 7.43. The molecule has 1 aromatic rings. The summed E-state index contributed by atoms with van der Waals surface area (Å²) >= 11 is 0. The van der Waals surface area contributed by atoms with Crippen molar-refractivity contribution in [1.29, 1.82) is 0 Å². The number of benzene rings is 1. The number of carbonyl (C=O) groups is 2. The van der Waals surface area contributed by atoms with Gasteiger partial charge < -0.3 is 10.2 Å². The lowest BCUT2D eigenvalue weighted by atomic mass is 10.1. The van der Waals surface area contributed by atoms with Gasteiger partial charge in [0.05, 0.1) is 0 Å². The number of rotatable bonds is 5. The third kappa shape index (κ3) is 4.33. The van der Waals surface area contributed by atoms with Gasteiger partial charge in [-0.2, -0.15) is 0 Å². The molecule has 0 unspecified atom stereocenters. The molecule has 1 fully saturated rings. The van der Waals surface area contributed by atoms with E-state index in [0.717, 1.165) is 24.1 Å². The van der Waals surface area contributed by atoms with E-state index in [1.165, 1.54) is 18.4 Å². The van der Waals surface area contributed by atoms with E-state index < -0.39 is 0 Å². The van der Waals surface area contributed by atoms with Gasteiger partial charge in [-0.15, -0.1) is 0 Å². The lowest BCUT2D eigenvalue weighted by Crippen LogP contribution is -2.37. The number of carbonyl (C=O) groups excluding carboxylic acids is 2. The van der Waals surface area contributed by atoms with Crippen molar-refractivity contribution in [3.63, 3.8) is 0 Å². The van der Waals surface area contributed by atoms with Crippen molar-refractivity contribution in [3.05, 3.63) is 29.3 Å². The molecule has 0 heterocycles. The highest BCUT2D eigenvalue weighted by molar-refractivity contribution is 5.93. The van der Waals surface area contributed by atoms with Gasteiger partial charge in [0.2, 0.25) is 11.8 Å². The summed E-state index contributed by atoms with van der Waals surface area (Å²) < 4.78 is 0. The van der Waals surface area contributed by atoms with Crippen LogP contribution in [0.2, 0.25) is 0 Å². The standard InChI is InChI=1S/C18H26N2O2/c1-13-8-9-17(14(2)12-13)20(15(3)21)11-10-18(22)19-16-6-4-5-7-16/h8-9,12,16H,4-7,10-11H2,1-3H3,(H,19,22). The van der Waals surface area contributed by atoms with E-state index in [4.69, 9.17) is 0 Å². The summed E-state index contributed by atoms with van der Waals surface area (Å²) in [7, 11) is 0. The number of nitrogens with one attached hydrogen (secondary N) is 1. The van der Waals surface area contributed by atoms with E-state index in [1.807, 2.05) is 26.0 Å². The predicted molar refractivity (Wildman–Crippen MR) is 89.0 cm³/mol. The number of anilines is 1. The topological polar surface area (TPSA) is 49.4 Å². The van der Waals surface area contributed by atoms with Crippen LogP contribution < -0.4 is 10.2 Å². The Morgan fingerprint density at radius 1 is 1.23 bits per heavy atom. The predicted octanol–water partition coefficient (Wildman–Crippen LogP) is 3.11. The molecular weight excluding hydrogens is 276 g/mol. The molecule has 120 valence electrons. The monoisotopic (exact) mass is 302 g/mol. The Kier molecular flexibility index (Phi) is 5.58. The van der Waals surface area contributed by atoms with E-state index in [1.54, 1.807) is 11.8 Å². The number of nitrogens with zero attached hydrogens (tertiary/aromatic N) is 1. The Hall–Kier alpha value is -1.84. The van der Waals surface area contributed by atoms with E-state index in [9.17, 15) is 9.59 Å². The van der Waals surface area contributed by atoms with E-state index in [-0.39, 0.29) is 11.8 Å². The molecule has 0 aliphatic heterocycles. The highest BCUT2D eigenvalue weighted by Gasteiger charge is 2.19. The van der Waals surface area contributed by atoms with Crippen LogP contribution in [0, 0.1) is 13.8 Å². The molecule has 0 saturated heterocycles. The Morgan fingerprint density at radius 3 is 2.50 bits per heavy atom. The van der Waals surface area contributed by atoms with Crippen LogP contribution >= 0.6 is 0 Å². The molecule has 0 radical (unpaired) electrons. The SMILES string of the molecule is CC(=O)N(CCC(=O)NC1CCCC1)c1ccc(C)cc1C. The Labute approximate surface area is 132 Å². The minimum absolute atomic E-state index is 0.0272. The summed E-state index contributed by atoms with van der Waals surface area (Å²) in [4.78, 5) is 25.7. The fraction of sp³-hybridized carbons (Fsp3) is 0.556. The number of hydrogen-bond donors (Lipinski definition) is 1. The van der Waals surface area contributed by atoms with Gasteiger partial charge in [-0.05, 0) is 38.3 Å². The Morgan fingerprint density at radius 2 is 1.91 bits per heavy atom. The highest BCUT2D eigenvalue weighted by Crippen LogP contribution is 2.22. The lowest BCUT2D eigenvalue weighted by molar-refractivity contribution is -0.121. The molecule has 4 nitrogen and oxygen atoms in total. The Bertz CT molecular complexity index is 548. The fourth-order valence-electron chi connectivity index (χ4n) is 3.14. The average molecular weight is 302 g/mol. The van der Waals surface area contributed by atoms with E-state index in [2.05, 4.69) is 11.4 Å². The van der Waals surface area contributed by atoms with E-state index in [0.29, 0.717) is 19.0 Å². The summed E-state index contributed by atoms with van der Waals surface area (Å²) in [6.45, 7) is 6.01. The molecule has 2 rings (SSSR count). The summed E-state index contributed by atoms with van der Waals surface area (Å²) in [5.74, 6) is 0.0172. The maximum atomic E-state index is 12.0. The van der Waals surface area contributed by atoms with Crippen molar-refractivity contribution >= 4 is 17.5 Å². The summed E-state index contributed by atoms with van der Waals surface area (Å²) in [6, 6.07) is 6.35. The van der Waals surface area contributed by atoms with Gasteiger partial charge in [-0.1, -0.05) is 30.5 Å². The maximum Gasteiger partial charge on any atom is 0.223 e. The largest absolute Gasteiger partial charge is 0.353 e. The molecule has 1 N–H and O–H groups in total. The smallest absolute Gasteiger partial charge is 0.223 e. The Balaban J connectivity index is 1.96. The molecule has 1 aliphatic rings. The molecule has 1 aromatic carbocycles. The first-order valence-electron chi connectivity index (χ1n) is 8.12. The van der Waals surface area contributed by atoms with Gasteiger partial charge in [0, 0.05) is 31.6 Å². The summed E-state index contributed by atoms with van der Waals surface area (Å²) in [5.41, 5.74) is 3.13. The van der Waals surface area contributed by atoms with Crippen molar-refractivity contribution < 1.29 is 9.59 Å². The maximum absolute atomic E-state index is 12.0. The quantitative estimate of drug-likeness (QED) is 0.908. The van der Waals surface area contributed by atoms with Crippen molar-refractivity contribution in [2.45, 2.75) is 58.9 Å². The van der Waals surface area contributed by atoms with Crippen LogP contribution in [-0.2, 0) is 9.59 Å². The number of aryl methyl sites for hydroxylation is 2. The third-order valence-corrected chi connectivity index (χ3v) is 4.31. The van der Waals surface area contributed by atoms with Gasteiger partial charge in [-0.3, -0.25) is 9.59 Å². The van der Waals surface area contributed by atoms with Gasteiger partial charge >= 0.3 is 0 Å². The zero-order valence-electron chi connectivity index (χ0n) is 13.8. The first-order valence-corrected chi connectivity index (χ1v) is 8.12. The molecule has 2 amide bonds. The number of hydrogen-bond acceptors (Lipinski definition) is 2. The second-order valence-corrected chi connectivity index (χ2v) is 6.26. The van der Waals surface area contributed by atoms with Crippen LogP contribution in [0.4, 0.5) is 5.69 Å². The van der Waals surface area contributed by atoms with Crippen molar-refractivity contribution in [3.8, 4) is 0 Å². The van der Waals surface area contributed by atoms with Gasteiger partial charge in [0.25, 0.3) is 0 Å². The molecule has 22 heavy (non-hydrogen) atoms. The van der Waals surface area contributed by atoms with Crippen molar-refractivity contribution in [1.82, 2.24) is 5.32 Å². The first kappa shape index (κ1) is 16.5. The molecular formula is C18H26N2O2. The van der Waals surface area contributed by atoms with Crippen LogP contribution in [0.3, 0.4) is 0 Å². The minimum atomic E-state index is -0.0272. The highest BCUT2D eigenvalue weighted by atomic mass is 16.2. The molecule has 0 spiro atoms. The number of amides is 2. The average Bonchev–Trinajstić information content (AvgIpc) is 2.93. The molecule has 1 saturated carbocycles. The van der Waals surface area contributed by atoms with Gasteiger partial charge in [0.1, 0.15) is 0 Å². The van der Waals surface area contributed by atoms with Gasteiger partial charge in [0.15, 0.2) is 0 Å². The molecule has 0 bridgehead atoms. The van der Waals surface area contributed by atoms with Crippen LogP contribution in [0.15, 0.2) is 18.2 Å². The van der Waals surface area contributed by atoms with Gasteiger partial charge in [-0.25, -0.2) is 0 Å².